The standard InChI is InChI=1S/C20H23ClN2O5S/c1-4-28-20(25)18-11-6-5-7-16(11)29-19(18)23-17(24)10-22-13-9-14(26-2)12(21)8-15(13)27-3/h8-9,22H,4-7,10H2,1-3H3,(H,23,24). The van der Waals surface area contributed by atoms with E-state index in [1.807, 2.05) is 0 Å². The Bertz CT molecular complexity index is 928. The minimum absolute atomic E-state index is 0.0218. The third kappa shape index (κ3) is 4.59. The van der Waals surface area contributed by atoms with Gasteiger partial charge < -0.3 is 24.8 Å². The monoisotopic (exact) mass is 438 g/mol. The zero-order chi connectivity index (χ0) is 21.0. The minimum atomic E-state index is -0.390. The van der Waals surface area contributed by atoms with Crippen LogP contribution in [-0.4, -0.2) is 39.2 Å². The van der Waals surface area contributed by atoms with E-state index >= 15 is 0 Å². The van der Waals surface area contributed by atoms with Crippen LogP contribution in [-0.2, 0) is 22.4 Å². The molecule has 0 fully saturated rings. The van der Waals surface area contributed by atoms with E-state index in [2.05, 4.69) is 10.6 Å². The van der Waals surface area contributed by atoms with Crippen LogP contribution in [0.15, 0.2) is 12.1 Å². The molecule has 3 rings (SSSR count). The third-order valence-corrected chi connectivity index (χ3v) is 6.07. The molecular formula is C20H23ClN2O5S. The van der Waals surface area contributed by atoms with Gasteiger partial charge in [-0.2, -0.15) is 0 Å². The van der Waals surface area contributed by atoms with Gasteiger partial charge in [0.1, 0.15) is 16.5 Å². The van der Waals surface area contributed by atoms with Crippen LogP contribution in [0.25, 0.3) is 0 Å². The van der Waals surface area contributed by atoms with Gasteiger partial charge in [0.05, 0.1) is 43.6 Å². The summed E-state index contributed by atoms with van der Waals surface area (Å²) < 4.78 is 15.7. The SMILES string of the molecule is CCOC(=O)c1c(NC(=O)CNc2cc(OC)c(Cl)cc2OC)sc2c1CCC2. The van der Waals surface area contributed by atoms with Crippen molar-refractivity contribution in [3.05, 3.63) is 33.2 Å². The van der Waals surface area contributed by atoms with Crippen molar-refractivity contribution in [3.63, 3.8) is 0 Å². The molecule has 2 N–H and O–H groups in total. The Balaban J connectivity index is 1.73. The molecule has 1 aromatic heterocycles. The third-order valence-electron chi connectivity index (χ3n) is 4.57. The molecule has 0 spiro atoms. The number of amides is 1. The van der Waals surface area contributed by atoms with Crippen LogP contribution in [0.1, 0.15) is 34.1 Å². The van der Waals surface area contributed by atoms with Crippen LogP contribution >= 0.6 is 22.9 Å². The molecule has 0 bridgehead atoms. The number of ether oxygens (including phenoxy) is 3. The molecule has 0 aliphatic heterocycles. The normalized spacial score (nSPS) is 12.3. The first kappa shape index (κ1) is 21.3. The van der Waals surface area contributed by atoms with Crippen LogP contribution in [0.4, 0.5) is 10.7 Å². The topological polar surface area (TPSA) is 85.9 Å². The number of carbonyl (C=O) groups is 2. The zero-order valence-corrected chi connectivity index (χ0v) is 18.1. The molecule has 1 heterocycles. The summed E-state index contributed by atoms with van der Waals surface area (Å²) in [6.07, 6.45) is 2.76. The van der Waals surface area contributed by atoms with E-state index in [1.165, 1.54) is 25.6 Å². The summed E-state index contributed by atoms with van der Waals surface area (Å²) in [7, 11) is 3.03. The van der Waals surface area contributed by atoms with E-state index in [4.69, 9.17) is 25.8 Å². The first-order valence-electron chi connectivity index (χ1n) is 9.25. The highest BCUT2D eigenvalue weighted by atomic mass is 35.5. The van der Waals surface area contributed by atoms with Gasteiger partial charge in [-0.1, -0.05) is 11.6 Å². The number of aryl methyl sites for hydroxylation is 1. The molecule has 1 amide bonds. The summed E-state index contributed by atoms with van der Waals surface area (Å²) in [6.45, 7) is 2.03. The van der Waals surface area contributed by atoms with Crippen molar-refractivity contribution in [3.8, 4) is 11.5 Å². The van der Waals surface area contributed by atoms with Crippen molar-refractivity contribution < 1.29 is 23.8 Å². The Morgan fingerprint density at radius 2 is 1.93 bits per heavy atom. The number of esters is 1. The summed E-state index contributed by atoms with van der Waals surface area (Å²) in [5, 5.41) is 6.82. The van der Waals surface area contributed by atoms with Crippen molar-refractivity contribution in [2.24, 2.45) is 0 Å². The Labute approximate surface area is 178 Å². The number of benzene rings is 1. The fraction of sp³-hybridized carbons (Fsp3) is 0.400. The summed E-state index contributed by atoms with van der Waals surface area (Å²) in [5.41, 5.74) is 2.06. The van der Waals surface area contributed by atoms with Gasteiger partial charge in [-0.05, 0) is 31.7 Å². The maximum atomic E-state index is 12.5. The minimum Gasteiger partial charge on any atom is -0.495 e. The van der Waals surface area contributed by atoms with Gasteiger partial charge in [0.2, 0.25) is 5.91 Å². The molecule has 7 nitrogen and oxygen atoms in total. The lowest BCUT2D eigenvalue weighted by molar-refractivity contribution is -0.114. The highest BCUT2D eigenvalue weighted by Gasteiger charge is 2.28. The largest absolute Gasteiger partial charge is 0.495 e. The van der Waals surface area contributed by atoms with Crippen LogP contribution in [0, 0.1) is 0 Å². The number of fused-ring (bicyclic) bond motifs is 1. The van der Waals surface area contributed by atoms with Gasteiger partial charge in [-0.15, -0.1) is 11.3 Å². The van der Waals surface area contributed by atoms with Crippen molar-refractivity contribution >= 4 is 45.5 Å². The first-order valence-corrected chi connectivity index (χ1v) is 10.4. The number of anilines is 2. The average Bonchev–Trinajstić information content (AvgIpc) is 3.27. The second kappa shape index (κ2) is 9.37. The Morgan fingerprint density at radius 1 is 1.17 bits per heavy atom. The average molecular weight is 439 g/mol. The second-order valence-corrected chi connectivity index (χ2v) is 7.88. The van der Waals surface area contributed by atoms with E-state index in [9.17, 15) is 9.59 Å². The second-order valence-electron chi connectivity index (χ2n) is 6.37. The molecular weight excluding hydrogens is 416 g/mol. The molecule has 0 saturated heterocycles. The fourth-order valence-corrected chi connectivity index (χ4v) is 4.78. The van der Waals surface area contributed by atoms with Gasteiger partial charge in [0.15, 0.2) is 0 Å². The predicted octanol–water partition coefficient (Wildman–Crippen LogP) is 4.13. The summed E-state index contributed by atoms with van der Waals surface area (Å²) in [4.78, 5) is 26.1. The molecule has 29 heavy (non-hydrogen) atoms. The van der Waals surface area contributed by atoms with Crippen LogP contribution in [0.5, 0.6) is 11.5 Å². The van der Waals surface area contributed by atoms with Crippen molar-refractivity contribution in [1.82, 2.24) is 0 Å². The van der Waals surface area contributed by atoms with E-state index in [0.29, 0.717) is 32.8 Å². The van der Waals surface area contributed by atoms with Gasteiger partial charge in [0, 0.05) is 17.0 Å². The van der Waals surface area contributed by atoms with Crippen molar-refractivity contribution in [2.75, 3.05) is 38.0 Å². The molecule has 1 aliphatic carbocycles. The maximum Gasteiger partial charge on any atom is 0.341 e. The predicted molar refractivity (Wildman–Crippen MR) is 114 cm³/mol. The smallest absolute Gasteiger partial charge is 0.341 e. The van der Waals surface area contributed by atoms with Gasteiger partial charge in [-0.25, -0.2) is 4.79 Å². The molecule has 0 radical (unpaired) electrons. The van der Waals surface area contributed by atoms with Crippen LogP contribution in [0.3, 0.4) is 0 Å². The summed E-state index contributed by atoms with van der Waals surface area (Å²) >= 11 is 7.55. The van der Waals surface area contributed by atoms with Crippen LogP contribution in [0.2, 0.25) is 5.02 Å². The van der Waals surface area contributed by atoms with Gasteiger partial charge in [0.25, 0.3) is 0 Å². The number of nitrogens with one attached hydrogen (secondary N) is 2. The Morgan fingerprint density at radius 3 is 2.62 bits per heavy atom. The molecule has 1 aliphatic rings. The Hall–Kier alpha value is -2.45. The van der Waals surface area contributed by atoms with Gasteiger partial charge in [-0.3, -0.25) is 4.79 Å². The van der Waals surface area contributed by atoms with E-state index in [1.54, 1.807) is 19.1 Å². The quantitative estimate of drug-likeness (QED) is 0.602. The van der Waals surface area contributed by atoms with Crippen molar-refractivity contribution in [1.29, 1.82) is 0 Å². The number of methoxy groups -OCH3 is 2. The lowest BCUT2D eigenvalue weighted by Gasteiger charge is -2.14. The Kier molecular flexibility index (Phi) is 6.87. The fourth-order valence-electron chi connectivity index (χ4n) is 3.26. The molecule has 156 valence electrons. The number of carbonyl (C=O) groups excluding carboxylic acids is 2. The molecule has 0 saturated carbocycles. The lowest BCUT2D eigenvalue weighted by Crippen LogP contribution is -2.23. The molecule has 0 unspecified atom stereocenters. The first-order chi connectivity index (χ1) is 14.0. The number of thiophene rings is 1. The number of hydrogen-bond acceptors (Lipinski definition) is 7. The van der Waals surface area contributed by atoms with Crippen molar-refractivity contribution in [2.45, 2.75) is 26.2 Å². The number of rotatable bonds is 8. The van der Waals surface area contributed by atoms with E-state index in [-0.39, 0.29) is 25.0 Å². The van der Waals surface area contributed by atoms with Gasteiger partial charge >= 0.3 is 5.97 Å². The molecule has 1 aromatic carbocycles. The summed E-state index contributed by atoms with van der Waals surface area (Å²) in [6, 6.07) is 3.28. The molecule has 0 atom stereocenters. The van der Waals surface area contributed by atoms with Crippen LogP contribution < -0.4 is 20.1 Å². The van der Waals surface area contributed by atoms with E-state index in [0.717, 1.165) is 29.7 Å². The highest BCUT2D eigenvalue weighted by molar-refractivity contribution is 7.17. The highest BCUT2D eigenvalue weighted by Crippen LogP contribution is 2.40. The number of hydrogen-bond donors (Lipinski definition) is 2. The van der Waals surface area contributed by atoms with E-state index < -0.39 is 0 Å². The molecule has 9 heteroatoms. The lowest BCUT2D eigenvalue weighted by atomic mass is 10.1. The number of halogens is 1. The zero-order valence-electron chi connectivity index (χ0n) is 16.5. The maximum absolute atomic E-state index is 12.5. The summed E-state index contributed by atoms with van der Waals surface area (Å²) in [5.74, 6) is 0.284. The molecule has 2 aromatic rings.